The molecule has 0 radical (unpaired) electrons. The lowest BCUT2D eigenvalue weighted by Crippen LogP contribution is -2.46. The van der Waals surface area contributed by atoms with Crippen LogP contribution >= 0.6 is 11.3 Å². The van der Waals surface area contributed by atoms with Crippen molar-refractivity contribution in [2.75, 3.05) is 5.32 Å². The molecule has 1 aliphatic rings. The van der Waals surface area contributed by atoms with E-state index in [0.717, 1.165) is 39.9 Å². The first kappa shape index (κ1) is 16.8. The van der Waals surface area contributed by atoms with Gasteiger partial charge in [-0.2, -0.15) is 13.2 Å². The van der Waals surface area contributed by atoms with Gasteiger partial charge in [-0.15, -0.1) is 10.2 Å². The number of carbonyl (C=O) groups is 1. The van der Waals surface area contributed by atoms with Gasteiger partial charge in [-0.1, -0.05) is 11.3 Å². The second-order valence-electron chi connectivity index (χ2n) is 5.66. The van der Waals surface area contributed by atoms with Crippen LogP contribution in [0.25, 0.3) is 0 Å². The number of imidazole rings is 1. The summed E-state index contributed by atoms with van der Waals surface area (Å²) < 4.78 is 41.1. The van der Waals surface area contributed by atoms with Gasteiger partial charge in [0.1, 0.15) is 5.01 Å². The van der Waals surface area contributed by atoms with E-state index in [1.807, 2.05) is 0 Å². The Bertz CT molecular complexity index is 755. The van der Waals surface area contributed by atoms with E-state index in [9.17, 15) is 23.1 Å². The Hall–Kier alpha value is -2.01. The van der Waals surface area contributed by atoms with Gasteiger partial charge >= 0.3 is 6.18 Å². The monoisotopic (exact) mass is 361 g/mol. The molecule has 11 heteroatoms. The van der Waals surface area contributed by atoms with Crippen molar-refractivity contribution in [2.45, 2.75) is 37.0 Å². The molecule has 2 N–H and O–H groups in total. The molecule has 2 aromatic heterocycles. The molecule has 2 heterocycles. The van der Waals surface area contributed by atoms with E-state index in [2.05, 4.69) is 20.5 Å². The van der Waals surface area contributed by atoms with Crippen LogP contribution in [0.15, 0.2) is 12.4 Å². The predicted molar refractivity (Wildman–Crippen MR) is 78.3 cm³/mol. The molecule has 24 heavy (non-hydrogen) atoms. The molecule has 1 amide bonds. The third kappa shape index (κ3) is 3.13. The number of hydrogen-bond acceptors (Lipinski definition) is 6. The Morgan fingerprint density at radius 3 is 2.71 bits per heavy atom. The lowest BCUT2D eigenvalue weighted by molar-refractivity contribution is -0.270. The van der Waals surface area contributed by atoms with Crippen molar-refractivity contribution in [1.29, 1.82) is 0 Å². The van der Waals surface area contributed by atoms with Crippen molar-refractivity contribution in [3.05, 3.63) is 23.2 Å². The van der Waals surface area contributed by atoms with E-state index in [-0.39, 0.29) is 5.13 Å². The van der Waals surface area contributed by atoms with Gasteiger partial charge in [-0.25, -0.2) is 4.98 Å². The summed E-state index contributed by atoms with van der Waals surface area (Å²) in [7, 11) is 1.31. The van der Waals surface area contributed by atoms with Crippen molar-refractivity contribution < 1.29 is 23.1 Å². The van der Waals surface area contributed by atoms with Gasteiger partial charge < -0.3 is 15.0 Å². The maximum atomic E-state index is 13.4. The number of nitrogens with zero attached hydrogens (tertiary/aromatic N) is 4. The normalized spacial score (nSPS) is 17.5. The van der Waals surface area contributed by atoms with Gasteiger partial charge in [0.25, 0.3) is 0 Å². The molecule has 7 nitrogen and oxygen atoms in total. The fourth-order valence-corrected chi connectivity index (χ4v) is 3.17. The van der Waals surface area contributed by atoms with Crippen LogP contribution in [0, 0.1) is 0 Å². The van der Waals surface area contributed by atoms with Crippen LogP contribution < -0.4 is 5.32 Å². The van der Waals surface area contributed by atoms with Crippen LogP contribution in [0.2, 0.25) is 0 Å². The van der Waals surface area contributed by atoms with E-state index in [0.29, 0.717) is 5.92 Å². The molecular formula is C13H14F3N5O2S. The topological polar surface area (TPSA) is 92.9 Å². The number of amides is 1. The lowest BCUT2D eigenvalue weighted by atomic mass is 9.97. The van der Waals surface area contributed by atoms with Crippen LogP contribution in [0.4, 0.5) is 18.3 Å². The highest BCUT2D eigenvalue weighted by Crippen LogP contribution is 2.43. The fourth-order valence-electron chi connectivity index (χ4n) is 2.25. The van der Waals surface area contributed by atoms with Crippen molar-refractivity contribution in [3.8, 4) is 0 Å². The number of halogens is 3. The van der Waals surface area contributed by atoms with Gasteiger partial charge in [-0.3, -0.25) is 4.79 Å². The SMILES string of the molecule is Cn1ccnc1C(O)(CC(=O)Nc1nnc(C2CC2)s1)C(F)(F)F. The van der Waals surface area contributed by atoms with E-state index in [4.69, 9.17) is 0 Å². The zero-order valence-corrected chi connectivity index (χ0v) is 13.4. The standard InChI is InChI=1S/C13H14F3N5O2S/c1-21-5-4-17-10(21)12(23,13(14,15)16)6-8(22)18-11-20-19-9(24-11)7-2-3-7/h4-5,7,23H,2-3,6H2,1H3,(H,18,20,22). The molecule has 130 valence electrons. The van der Waals surface area contributed by atoms with Crippen LogP contribution in [0.5, 0.6) is 0 Å². The van der Waals surface area contributed by atoms with E-state index >= 15 is 0 Å². The number of aromatic nitrogens is 4. The van der Waals surface area contributed by atoms with Crippen LogP contribution in [0.1, 0.15) is 36.0 Å². The molecule has 1 atom stereocenters. The van der Waals surface area contributed by atoms with Gasteiger partial charge in [-0.05, 0) is 12.8 Å². The van der Waals surface area contributed by atoms with Gasteiger partial charge in [0.2, 0.25) is 16.6 Å². The highest BCUT2D eigenvalue weighted by atomic mass is 32.1. The highest BCUT2D eigenvalue weighted by Gasteiger charge is 2.58. The Balaban J connectivity index is 1.77. The van der Waals surface area contributed by atoms with E-state index in [1.54, 1.807) is 0 Å². The third-order valence-corrected chi connectivity index (χ3v) is 4.69. The zero-order valence-electron chi connectivity index (χ0n) is 12.5. The number of alkyl halides is 3. The first-order valence-electron chi connectivity index (χ1n) is 7.11. The Kier molecular flexibility index (Phi) is 4.08. The maximum absolute atomic E-state index is 13.4. The zero-order chi connectivity index (χ0) is 17.5. The minimum Gasteiger partial charge on any atom is -0.374 e. The molecular weight excluding hydrogens is 347 g/mol. The molecule has 3 rings (SSSR count). The van der Waals surface area contributed by atoms with Crippen molar-refractivity contribution in [1.82, 2.24) is 19.7 Å². The Morgan fingerprint density at radius 1 is 1.46 bits per heavy atom. The Morgan fingerprint density at radius 2 is 2.17 bits per heavy atom. The smallest absolute Gasteiger partial charge is 0.374 e. The van der Waals surface area contributed by atoms with E-state index < -0.39 is 29.9 Å². The average Bonchev–Trinajstić information content (AvgIpc) is 3.07. The summed E-state index contributed by atoms with van der Waals surface area (Å²) in [6.45, 7) is 0. The third-order valence-electron chi connectivity index (χ3n) is 3.69. The van der Waals surface area contributed by atoms with Crippen molar-refractivity contribution >= 4 is 22.4 Å². The summed E-state index contributed by atoms with van der Waals surface area (Å²) in [6.07, 6.45) is -1.91. The van der Waals surface area contributed by atoms with Crippen LogP contribution in [-0.4, -0.2) is 36.9 Å². The fraction of sp³-hybridized carbons (Fsp3) is 0.538. The summed E-state index contributed by atoms with van der Waals surface area (Å²) in [6, 6.07) is 0. The summed E-state index contributed by atoms with van der Waals surface area (Å²) >= 11 is 1.13. The Labute approximate surface area is 138 Å². The number of anilines is 1. The van der Waals surface area contributed by atoms with Crippen LogP contribution in [0.3, 0.4) is 0 Å². The number of aryl methyl sites for hydroxylation is 1. The second kappa shape index (κ2) is 5.81. The summed E-state index contributed by atoms with van der Waals surface area (Å²) in [5, 5.41) is 20.9. The molecule has 0 aromatic carbocycles. The summed E-state index contributed by atoms with van der Waals surface area (Å²) in [5.74, 6) is -1.34. The molecule has 2 aromatic rings. The van der Waals surface area contributed by atoms with Crippen molar-refractivity contribution in [3.63, 3.8) is 0 Å². The lowest BCUT2D eigenvalue weighted by Gasteiger charge is -2.29. The average molecular weight is 361 g/mol. The molecule has 1 unspecified atom stereocenters. The quantitative estimate of drug-likeness (QED) is 0.849. The van der Waals surface area contributed by atoms with Crippen LogP contribution in [-0.2, 0) is 17.4 Å². The van der Waals surface area contributed by atoms with E-state index in [1.165, 1.54) is 13.2 Å². The summed E-state index contributed by atoms with van der Waals surface area (Å²) in [4.78, 5) is 15.5. The minimum atomic E-state index is -5.07. The van der Waals surface area contributed by atoms with Gasteiger partial charge in [0, 0.05) is 25.4 Å². The molecule has 1 fully saturated rings. The maximum Gasteiger partial charge on any atom is 0.425 e. The van der Waals surface area contributed by atoms with Crippen molar-refractivity contribution in [2.24, 2.45) is 7.05 Å². The number of hydrogen-bond donors (Lipinski definition) is 2. The molecule has 1 saturated carbocycles. The summed E-state index contributed by atoms with van der Waals surface area (Å²) in [5.41, 5.74) is -3.39. The largest absolute Gasteiger partial charge is 0.425 e. The predicted octanol–water partition coefficient (Wildman–Crippen LogP) is 1.93. The molecule has 0 aliphatic heterocycles. The molecule has 0 bridgehead atoms. The van der Waals surface area contributed by atoms with Gasteiger partial charge in [0.15, 0.2) is 5.82 Å². The molecule has 0 saturated heterocycles. The second-order valence-corrected chi connectivity index (χ2v) is 6.67. The van der Waals surface area contributed by atoms with Gasteiger partial charge in [0.05, 0.1) is 6.42 Å². The first-order valence-corrected chi connectivity index (χ1v) is 7.92. The molecule has 1 aliphatic carbocycles. The number of nitrogens with one attached hydrogen (secondary N) is 1. The number of rotatable bonds is 5. The highest BCUT2D eigenvalue weighted by molar-refractivity contribution is 7.15. The first-order chi connectivity index (χ1) is 11.2. The number of aliphatic hydroxyl groups is 1. The molecule has 0 spiro atoms. The number of carbonyl (C=O) groups excluding carboxylic acids is 1. The minimum absolute atomic E-state index is 0.117.